The fraction of sp³-hybridized carbons (Fsp3) is 0.267. The molecule has 0 spiro atoms. The number of aromatic hydroxyl groups is 1. The summed E-state index contributed by atoms with van der Waals surface area (Å²) in [4.78, 5) is 26.4. The third kappa shape index (κ3) is 6.47. The van der Waals surface area contributed by atoms with Crippen LogP contribution in [0.2, 0.25) is 5.02 Å². The van der Waals surface area contributed by atoms with Crippen LogP contribution in [0.1, 0.15) is 70.4 Å². The molecule has 0 radical (unpaired) electrons. The standard InChI is InChI=1S/C30H28ClNO4/c31-25-15-11-23(12-16-25)8-7-22-9-13-24(14-10-22)29(34)32(19-3-6-21-4-1-2-5-21)26-17-18-27(30(35)36)28(33)20-26/h9-18,20-21,33H,1-6,19H2,(H,35,36). The minimum atomic E-state index is -1.21. The number of benzene rings is 3. The highest BCUT2D eigenvalue weighted by Gasteiger charge is 2.21. The lowest BCUT2D eigenvalue weighted by atomic mass is 10.0. The number of anilines is 1. The van der Waals surface area contributed by atoms with Crippen LogP contribution >= 0.6 is 11.6 Å². The lowest BCUT2D eigenvalue weighted by Crippen LogP contribution is -2.32. The number of carbonyl (C=O) groups is 2. The number of nitrogens with zero attached hydrogens (tertiary/aromatic N) is 1. The maximum atomic E-state index is 13.5. The van der Waals surface area contributed by atoms with Gasteiger partial charge in [-0.3, -0.25) is 4.79 Å². The molecule has 1 aliphatic rings. The van der Waals surface area contributed by atoms with Gasteiger partial charge in [0.2, 0.25) is 0 Å². The number of hydrogen-bond acceptors (Lipinski definition) is 3. The van der Waals surface area contributed by atoms with Crippen molar-refractivity contribution in [3.05, 3.63) is 94.0 Å². The number of rotatable bonds is 7. The molecule has 0 heterocycles. The predicted octanol–water partition coefficient (Wildman–Crippen LogP) is 6.76. The van der Waals surface area contributed by atoms with Crippen LogP contribution in [0, 0.1) is 17.8 Å². The second-order valence-corrected chi connectivity index (χ2v) is 9.53. The van der Waals surface area contributed by atoms with Gasteiger partial charge in [0.05, 0.1) is 0 Å². The van der Waals surface area contributed by atoms with E-state index in [9.17, 15) is 19.8 Å². The summed E-state index contributed by atoms with van der Waals surface area (Å²) in [6.07, 6.45) is 6.89. The molecule has 1 saturated carbocycles. The van der Waals surface area contributed by atoms with Crippen molar-refractivity contribution in [2.45, 2.75) is 38.5 Å². The molecule has 0 atom stereocenters. The largest absolute Gasteiger partial charge is 0.507 e. The fourth-order valence-corrected chi connectivity index (χ4v) is 4.71. The van der Waals surface area contributed by atoms with Crippen molar-refractivity contribution in [2.24, 2.45) is 5.92 Å². The third-order valence-electron chi connectivity index (χ3n) is 6.56. The summed E-state index contributed by atoms with van der Waals surface area (Å²) in [7, 11) is 0. The molecule has 0 bridgehead atoms. The zero-order chi connectivity index (χ0) is 25.5. The molecule has 5 nitrogen and oxygen atoms in total. The second kappa shape index (κ2) is 11.8. The predicted molar refractivity (Wildman–Crippen MR) is 142 cm³/mol. The van der Waals surface area contributed by atoms with Gasteiger partial charge >= 0.3 is 5.97 Å². The Morgan fingerprint density at radius 3 is 2.11 bits per heavy atom. The van der Waals surface area contributed by atoms with Gasteiger partial charge in [0, 0.05) is 40.0 Å². The van der Waals surface area contributed by atoms with Gasteiger partial charge in [-0.1, -0.05) is 49.1 Å². The maximum Gasteiger partial charge on any atom is 0.339 e. The Morgan fingerprint density at radius 2 is 1.53 bits per heavy atom. The van der Waals surface area contributed by atoms with E-state index >= 15 is 0 Å². The van der Waals surface area contributed by atoms with E-state index in [-0.39, 0.29) is 17.2 Å². The zero-order valence-corrected chi connectivity index (χ0v) is 20.7. The summed E-state index contributed by atoms with van der Waals surface area (Å²) >= 11 is 5.92. The summed E-state index contributed by atoms with van der Waals surface area (Å²) in [5.74, 6) is 5.09. The molecule has 184 valence electrons. The first kappa shape index (κ1) is 25.3. The van der Waals surface area contributed by atoms with Gasteiger partial charge in [0.1, 0.15) is 11.3 Å². The first-order chi connectivity index (χ1) is 17.4. The Bertz CT molecular complexity index is 1280. The van der Waals surface area contributed by atoms with Gasteiger partial charge in [-0.2, -0.15) is 0 Å². The van der Waals surface area contributed by atoms with Crippen LogP contribution in [0.25, 0.3) is 0 Å². The van der Waals surface area contributed by atoms with Crippen molar-refractivity contribution in [1.29, 1.82) is 0 Å². The molecular formula is C30H28ClNO4. The van der Waals surface area contributed by atoms with Crippen LogP contribution in [-0.2, 0) is 0 Å². The molecule has 1 amide bonds. The third-order valence-corrected chi connectivity index (χ3v) is 6.82. The van der Waals surface area contributed by atoms with E-state index in [1.165, 1.54) is 37.8 Å². The van der Waals surface area contributed by atoms with Crippen LogP contribution in [0.3, 0.4) is 0 Å². The molecule has 6 heteroatoms. The Hall–Kier alpha value is -3.75. The summed E-state index contributed by atoms with van der Waals surface area (Å²) in [6.45, 7) is 0.485. The highest BCUT2D eigenvalue weighted by molar-refractivity contribution is 6.30. The number of carbonyl (C=O) groups excluding carboxylic acids is 1. The van der Waals surface area contributed by atoms with Gasteiger partial charge in [-0.25, -0.2) is 4.79 Å². The number of carboxylic acids is 1. The van der Waals surface area contributed by atoms with Crippen LogP contribution in [0.4, 0.5) is 5.69 Å². The monoisotopic (exact) mass is 501 g/mol. The number of hydrogen-bond donors (Lipinski definition) is 2. The summed E-state index contributed by atoms with van der Waals surface area (Å²) < 4.78 is 0. The Morgan fingerprint density at radius 1 is 0.917 bits per heavy atom. The van der Waals surface area contributed by atoms with Crippen molar-refractivity contribution < 1.29 is 19.8 Å². The van der Waals surface area contributed by atoms with Gasteiger partial charge in [0.15, 0.2) is 0 Å². The first-order valence-corrected chi connectivity index (χ1v) is 12.5. The van der Waals surface area contributed by atoms with Crippen LogP contribution < -0.4 is 4.90 Å². The van der Waals surface area contributed by atoms with E-state index in [0.29, 0.717) is 28.7 Å². The molecular weight excluding hydrogens is 474 g/mol. The highest BCUT2D eigenvalue weighted by Crippen LogP contribution is 2.30. The van der Waals surface area contributed by atoms with Crippen molar-refractivity contribution in [3.63, 3.8) is 0 Å². The topological polar surface area (TPSA) is 77.8 Å². The fourth-order valence-electron chi connectivity index (χ4n) is 4.58. The van der Waals surface area contributed by atoms with Gasteiger partial charge < -0.3 is 15.1 Å². The molecule has 0 aliphatic heterocycles. The van der Waals surface area contributed by atoms with Crippen LogP contribution in [0.15, 0.2) is 66.7 Å². The van der Waals surface area contributed by atoms with E-state index in [2.05, 4.69) is 11.8 Å². The average Bonchev–Trinajstić information content (AvgIpc) is 3.40. The lowest BCUT2D eigenvalue weighted by molar-refractivity contribution is 0.0693. The molecule has 2 N–H and O–H groups in total. The van der Waals surface area contributed by atoms with E-state index < -0.39 is 5.97 Å². The van der Waals surface area contributed by atoms with Crippen molar-refractivity contribution >= 4 is 29.2 Å². The van der Waals surface area contributed by atoms with E-state index in [1.54, 1.807) is 47.4 Å². The summed E-state index contributed by atoms with van der Waals surface area (Å²) in [5, 5.41) is 20.1. The Labute approximate surface area is 216 Å². The Kier molecular flexibility index (Phi) is 8.30. The number of amides is 1. The summed E-state index contributed by atoms with van der Waals surface area (Å²) in [5.41, 5.74) is 2.39. The van der Waals surface area contributed by atoms with Gasteiger partial charge in [0.25, 0.3) is 5.91 Å². The molecule has 1 aliphatic carbocycles. The normalized spacial score (nSPS) is 13.1. The van der Waals surface area contributed by atoms with Crippen LogP contribution in [-0.4, -0.2) is 28.6 Å². The van der Waals surface area contributed by atoms with Gasteiger partial charge in [-0.05, 0) is 79.4 Å². The molecule has 3 aromatic carbocycles. The number of aromatic carboxylic acids is 1. The number of carboxylic acid groups (broad SMARTS) is 1. The minimum absolute atomic E-state index is 0.194. The molecule has 1 fully saturated rings. The minimum Gasteiger partial charge on any atom is -0.507 e. The quantitative estimate of drug-likeness (QED) is 0.350. The summed E-state index contributed by atoms with van der Waals surface area (Å²) in [6, 6.07) is 18.6. The molecule has 0 saturated heterocycles. The van der Waals surface area contributed by atoms with Crippen molar-refractivity contribution in [1.82, 2.24) is 0 Å². The lowest BCUT2D eigenvalue weighted by Gasteiger charge is -2.24. The number of halogens is 1. The van der Waals surface area contributed by atoms with Crippen LogP contribution in [0.5, 0.6) is 5.75 Å². The van der Waals surface area contributed by atoms with E-state index in [4.69, 9.17) is 11.6 Å². The molecule has 0 aromatic heterocycles. The number of phenols is 1. The smallest absolute Gasteiger partial charge is 0.339 e. The SMILES string of the molecule is O=C(O)c1ccc(N(CCCC2CCCC2)C(=O)c2ccc(C#Cc3ccc(Cl)cc3)cc2)cc1O. The first-order valence-electron chi connectivity index (χ1n) is 12.2. The highest BCUT2D eigenvalue weighted by atomic mass is 35.5. The molecule has 3 aromatic rings. The average molecular weight is 502 g/mol. The van der Waals surface area contributed by atoms with E-state index in [1.807, 2.05) is 12.1 Å². The van der Waals surface area contributed by atoms with E-state index in [0.717, 1.165) is 24.0 Å². The molecule has 4 rings (SSSR count). The zero-order valence-electron chi connectivity index (χ0n) is 19.9. The molecule has 36 heavy (non-hydrogen) atoms. The second-order valence-electron chi connectivity index (χ2n) is 9.09. The van der Waals surface area contributed by atoms with Crippen molar-refractivity contribution in [3.8, 4) is 17.6 Å². The Balaban J connectivity index is 1.53. The van der Waals surface area contributed by atoms with Crippen molar-refractivity contribution in [2.75, 3.05) is 11.4 Å². The molecule has 0 unspecified atom stereocenters. The maximum absolute atomic E-state index is 13.5. The van der Waals surface area contributed by atoms with Gasteiger partial charge in [-0.15, -0.1) is 0 Å².